The first-order valence-electron chi connectivity index (χ1n) is 13.6. The highest BCUT2D eigenvalue weighted by atomic mass is 32.1. The van der Waals surface area contributed by atoms with Gasteiger partial charge < -0.3 is 14.6 Å². The third-order valence-electron chi connectivity index (χ3n) is 6.73. The summed E-state index contributed by atoms with van der Waals surface area (Å²) in [5.41, 5.74) is 2.89. The molecular weight excluding hydrogens is 524 g/mol. The third kappa shape index (κ3) is 5.45. The van der Waals surface area contributed by atoms with Crippen LogP contribution in [0, 0.1) is 6.92 Å². The normalized spacial score (nSPS) is 16.6. The lowest BCUT2D eigenvalue weighted by Crippen LogP contribution is -2.29. The summed E-state index contributed by atoms with van der Waals surface area (Å²) in [5, 5.41) is 11.9. The molecule has 206 valence electrons. The number of unbranched alkanes of at least 4 members (excludes halogenated alkanes) is 1. The molecule has 1 saturated heterocycles. The van der Waals surface area contributed by atoms with Crippen LogP contribution in [0.2, 0.25) is 0 Å². The minimum Gasteiger partial charge on any atom is -0.507 e. The van der Waals surface area contributed by atoms with Gasteiger partial charge in [-0.2, -0.15) is 0 Å². The van der Waals surface area contributed by atoms with Crippen LogP contribution < -0.4 is 14.4 Å². The van der Waals surface area contributed by atoms with Crippen LogP contribution >= 0.6 is 11.3 Å². The molecule has 4 aromatic rings. The van der Waals surface area contributed by atoms with Gasteiger partial charge in [0, 0.05) is 5.56 Å². The third-order valence-corrected chi connectivity index (χ3v) is 7.74. The Labute approximate surface area is 237 Å². The molecule has 7 nitrogen and oxygen atoms in total. The molecule has 1 unspecified atom stereocenters. The second-order valence-electron chi connectivity index (χ2n) is 9.78. The number of aliphatic hydroxyl groups is 1. The number of ether oxygens (including phenoxy) is 2. The van der Waals surface area contributed by atoms with Crippen LogP contribution in [0.5, 0.6) is 11.5 Å². The number of nitrogens with zero attached hydrogens (tertiary/aromatic N) is 2. The number of thiazole rings is 1. The molecule has 0 saturated carbocycles. The van der Waals surface area contributed by atoms with Crippen molar-refractivity contribution in [3.63, 3.8) is 0 Å². The van der Waals surface area contributed by atoms with Gasteiger partial charge in [-0.15, -0.1) is 0 Å². The van der Waals surface area contributed by atoms with Crippen LogP contribution in [0.1, 0.15) is 55.8 Å². The van der Waals surface area contributed by atoms with Crippen molar-refractivity contribution in [2.45, 2.75) is 46.1 Å². The van der Waals surface area contributed by atoms with Crippen molar-refractivity contribution >= 4 is 44.1 Å². The number of benzene rings is 3. The number of fused-ring (bicyclic) bond motifs is 1. The molecule has 0 radical (unpaired) electrons. The Kier molecular flexibility index (Phi) is 8.16. The van der Waals surface area contributed by atoms with E-state index >= 15 is 0 Å². The monoisotopic (exact) mass is 556 g/mol. The second-order valence-corrected chi connectivity index (χ2v) is 10.8. The quantitative estimate of drug-likeness (QED) is 0.0962. The Morgan fingerprint density at radius 1 is 0.950 bits per heavy atom. The maximum Gasteiger partial charge on any atom is 0.301 e. The molecule has 0 aliphatic carbocycles. The number of hydrogen-bond acceptors (Lipinski definition) is 7. The van der Waals surface area contributed by atoms with Crippen LogP contribution in [-0.4, -0.2) is 35.0 Å². The number of anilines is 1. The smallest absolute Gasteiger partial charge is 0.301 e. The first-order chi connectivity index (χ1) is 19.4. The summed E-state index contributed by atoms with van der Waals surface area (Å²) in [6.07, 6.45) is 2.81. The number of hydrogen-bond donors (Lipinski definition) is 1. The maximum absolute atomic E-state index is 13.6. The second kappa shape index (κ2) is 11.9. The molecule has 5 rings (SSSR count). The molecule has 1 atom stereocenters. The van der Waals surface area contributed by atoms with E-state index < -0.39 is 17.7 Å². The molecule has 1 aliphatic heterocycles. The number of ketones is 1. The zero-order chi connectivity index (χ0) is 28.2. The van der Waals surface area contributed by atoms with Crippen molar-refractivity contribution in [2.75, 3.05) is 18.1 Å². The lowest BCUT2D eigenvalue weighted by Gasteiger charge is -2.23. The number of carbonyl (C=O) groups is 2. The molecule has 0 spiro atoms. The molecule has 1 amide bonds. The van der Waals surface area contributed by atoms with Crippen molar-refractivity contribution in [2.24, 2.45) is 0 Å². The number of aromatic nitrogens is 1. The van der Waals surface area contributed by atoms with Gasteiger partial charge in [-0.1, -0.05) is 61.9 Å². The summed E-state index contributed by atoms with van der Waals surface area (Å²) in [5.74, 6) is -0.477. The number of rotatable bonds is 10. The summed E-state index contributed by atoms with van der Waals surface area (Å²) in [7, 11) is 0. The minimum atomic E-state index is -0.869. The van der Waals surface area contributed by atoms with Gasteiger partial charge >= 0.3 is 5.91 Å². The summed E-state index contributed by atoms with van der Waals surface area (Å²) in [4.78, 5) is 33.2. The van der Waals surface area contributed by atoms with Crippen molar-refractivity contribution < 1.29 is 24.2 Å². The van der Waals surface area contributed by atoms with E-state index in [9.17, 15) is 14.7 Å². The predicted octanol–water partition coefficient (Wildman–Crippen LogP) is 7.20. The Hall–Kier alpha value is -4.17. The van der Waals surface area contributed by atoms with E-state index in [-0.39, 0.29) is 11.3 Å². The Bertz CT molecular complexity index is 1570. The maximum atomic E-state index is 13.6. The molecule has 2 heterocycles. The van der Waals surface area contributed by atoms with Crippen molar-refractivity contribution in [1.82, 2.24) is 4.98 Å². The van der Waals surface area contributed by atoms with E-state index in [2.05, 4.69) is 6.92 Å². The van der Waals surface area contributed by atoms with E-state index in [0.717, 1.165) is 35.0 Å². The van der Waals surface area contributed by atoms with Gasteiger partial charge in [0.2, 0.25) is 0 Å². The number of Topliss-reactive ketones (excluding diaryl/α,β-unsaturated/α-hetero) is 1. The highest BCUT2D eigenvalue weighted by Gasteiger charge is 2.48. The van der Waals surface area contributed by atoms with E-state index in [4.69, 9.17) is 14.5 Å². The van der Waals surface area contributed by atoms with Crippen LogP contribution in [0.25, 0.3) is 16.0 Å². The fraction of sp³-hybridized carbons (Fsp3) is 0.281. The number of aliphatic hydroxyl groups excluding tert-OH is 1. The van der Waals surface area contributed by atoms with Crippen LogP contribution in [-0.2, 0) is 9.59 Å². The molecule has 1 fully saturated rings. The lowest BCUT2D eigenvalue weighted by atomic mass is 9.95. The molecule has 1 N–H and O–H groups in total. The van der Waals surface area contributed by atoms with E-state index in [1.165, 1.54) is 16.2 Å². The molecule has 3 aromatic carbocycles. The summed E-state index contributed by atoms with van der Waals surface area (Å²) < 4.78 is 12.5. The molecule has 0 bridgehead atoms. The van der Waals surface area contributed by atoms with E-state index in [1.54, 1.807) is 24.3 Å². The highest BCUT2D eigenvalue weighted by molar-refractivity contribution is 7.22. The van der Waals surface area contributed by atoms with Gasteiger partial charge in [-0.3, -0.25) is 14.5 Å². The van der Waals surface area contributed by atoms with Crippen LogP contribution in [0.15, 0.2) is 72.3 Å². The van der Waals surface area contributed by atoms with Gasteiger partial charge in [0.1, 0.15) is 17.3 Å². The standard InChI is InChI=1S/C32H32N2O5S/c1-4-6-17-39-23-13-11-21(12-14-23)28-27(29(35)22-8-7-9-24(19-22)38-16-5-2)30(36)31(37)34(28)32-33-25-15-10-20(3)18-26(25)40-32/h7-15,18-19,28,35H,4-6,16-17H2,1-3H3/b29-27+. The summed E-state index contributed by atoms with van der Waals surface area (Å²) in [6.45, 7) is 7.24. The molecule has 1 aromatic heterocycles. The van der Waals surface area contributed by atoms with Gasteiger partial charge in [0.25, 0.3) is 5.78 Å². The lowest BCUT2D eigenvalue weighted by molar-refractivity contribution is -0.132. The SMILES string of the molecule is CCCCOc1ccc(C2/C(=C(\O)c3cccc(OCCC)c3)C(=O)C(=O)N2c2nc3ccc(C)cc3s2)cc1. The van der Waals surface area contributed by atoms with Crippen LogP contribution in [0.3, 0.4) is 0 Å². The first-order valence-corrected chi connectivity index (χ1v) is 14.4. The highest BCUT2D eigenvalue weighted by Crippen LogP contribution is 2.44. The van der Waals surface area contributed by atoms with E-state index in [0.29, 0.717) is 41.0 Å². The zero-order valence-electron chi connectivity index (χ0n) is 22.8. The number of aryl methyl sites for hydroxylation is 1. The largest absolute Gasteiger partial charge is 0.507 e. The summed E-state index contributed by atoms with van der Waals surface area (Å²) >= 11 is 1.34. The fourth-order valence-corrected chi connectivity index (χ4v) is 5.75. The predicted molar refractivity (Wildman–Crippen MR) is 158 cm³/mol. The van der Waals surface area contributed by atoms with Gasteiger partial charge in [0.15, 0.2) is 5.13 Å². The average molecular weight is 557 g/mol. The minimum absolute atomic E-state index is 0.00716. The number of amides is 1. The van der Waals surface area contributed by atoms with E-state index in [1.807, 2.05) is 56.3 Å². The Morgan fingerprint density at radius 3 is 2.48 bits per heavy atom. The topological polar surface area (TPSA) is 89.0 Å². The van der Waals surface area contributed by atoms with Gasteiger partial charge in [-0.05, 0) is 67.3 Å². The average Bonchev–Trinajstić information content (AvgIpc) is 3.49. The zero-order valence-corrected chi connectivity index (χ0v) is 23.7. The summed E-state index contributed by atoms with van der Waals surface area (Å²) in [6, 6.07) is 19.2. The molecule has 40 heavy (non-hydrogen) atoms. The van der Waals surface area contributed by atoms with Gasteiger partial charge in [-0.25, -0.2) is 4.98 Å². The molecular formula is C32H32N2O5S. The molecule has 1 aliphatic rings. The van der Waals surface area contributed by atoms with Crippen molar-refractivity contribution in [1.29, 1.82) is 0 Å². The number of carbonyl (C=O) groups excluding carboxylic acids is 2. The Morgan fingerprint density at radius 2 is 1.73 bits per heavy atom. The Balaban J connectivity index is 1.62. The fourth-order valence-electron chi connectivity index (χ4n) is 4.66. The van der Waals surface area contributed by atoms with Crippen molar-refractivity contribution in [3.8, 4) is 11.5 Å². The first kappa shape index (κ1) is 27.4. The van der Waals surface area contributed by atoms with Crippen LogP contribution in [0.4, 0.5) is 5.13 Å². The van der Waals surface area contributed by atoms with Crippen molar-refractivity contribution in [3.05, 3.63) is 89.0 Å². The van der Waals surface area contributed by atoms with Gasteiger partial charge in [0.05, 0.1) is 35.0 Å². The molecule has 8 heteroatoms.